The van der Waals surface area contributed by atoms with Gasteiger partial charge in [-0.1, -0.05) is 30.3 Å². The first-order valence-corrected chi connectivity index (χ1v) is 10.6. The van der Waals surface area contributed by atoms with Crippen molar-refractivity contribution in [3.05, 3.63) is 71.3 Å². The van der Waals surface area contributed by atoms with Crippen LogP contribution in [0.4, 0.5) is 0 Å². The topological polar surface area (TPSA) is 62.3 Å². The first-order valence-electron chi connectivity index (χ1n) is 9.65. The van der Waals surface area contributed by atoms with Crippen LogP contribution in [0.25, 0.3) is 10.9 Å². The van der Waals surface area contributed by atoms with Crippen molar-refractivity contribution in [3.8, 4) is 0 Å². The zero-order chi connectivity index (χ0) is 20.4. The zero-order valence-electron chi connectivity index (χ0n) is 16.5. The van der Waals surface area contributed by atoms with E-state index < -0.39 is 0 Å². The molecule has 0 bridgehead atoms. The third-order valence-electron chi connectivity index (χ3n) is 4.84. The molecule has 0 spiro atoms. The molecule has 1 heterocycles. The number of carbonyl (C=O) groups excluding carboxylic acids is 2. The van der Waals surface area contributed by atoms with Crippen LogP contribution in [0.1, 0.15) is 39.1 Å². The molecule has 148 valence electrons. The van der Waals surface area contributed by atoms with Crippen LogP contribution in [0.3, 0.4) is 0 Å². The Morgan fingerprint density at radius 3 is 2.52 bits per heavy atom. The highest BCUT2D eigenvalue weighted by Gasteiger charge is 2.25. The lowest BCUT2D eigenvalue weighted by Gasteiger charge is -2.11. The normalized spacial score (nSPS) is 13.3. The molecule has 1 fully saturated rings. The van der Waals surface area contributed by atoms with Crippen molar-refractivity contribution < 1.29 is 9.59 Å². The van der Waals surface area contributed by atoms with E-state index in [9.17, 15) is 9.59 Å². The van der Waals surface area contributed by atoms with Crippen LogP contribution in [0.2, 0.25) is 0 Å². The summed E-state index contributed by atoms with van der Waals surface area (Å²) in [5.74, 6) is 0.678. The third kappa shape index (κ3) is 4.59. The van der Waals surface area contributed by atoms with Crippen LogP contribution >= 0.6 is 11.8 Å². The predicted octanol–water partition coefficient (Wildman–Crippen LogP) is 4.12. The van der Waals surface area contributed by atoms with E-state index in [0.717, 1.165) is 34.3 Å². The van der Waals surface area contributed by atoms with Gasteiger partial charge < -0.3 is 10.2 Å². The average Bonchev–Trinajstić information content (AvgIpc) is 3.55. The molecule has 5 nitrogen and oxygen atoms in total. The molecule has 0 atom stereocenters. The number of rotatable bonds is 6. The molecule has 0 aliphatic heterocycles. The third-order valence-corrected chi connectivity index (χ3v) is 5.83. The van der Waals surface area contributed by atoms with Gasteiger partial charge in [0, 0.05) is 36.8 Å². The van der Waals surface area contributed by atoms with Crippen molar-refractivity contribution in [1.82, 2.24) is 15.2 Å². The molecule has 2 aromatic carbocycles. The van der Waals surface area contributed by atoms with Crippen molar-refractivity contribution in [2.75, 3.05) is 14.1 Å². The summed E-state index contributed by atoms with van der Waals surface area (Å²) in [5.41, 5.74) is 3.28. The van der Waals surface area contributed by atoms with E-state index in [2.05, 4.69) is 5.32 Å². The molecular formula is C23H23N3O2S. The summed E-state index contributed by atoms with van der Waals surface area (Å²) in [7, 11) is 3.49. The summed E-state index contributed by atoms with van der Waals surface area (Å²) in [6, 6.07) is 17.6. The van der Waals surface area contributed by atoms with Gasteiger partial charge in [0.2, 0.25) is 0 Å². The highest BCUT2D eigenvalue weighted by Crippen LogP contribution is 2.28. The maximum Gasteiger partial charge on any atom is 0.253 e. The summed E-state index contributed by atoms with van der Waals surface area (Å²) in [4.78, 5) is 31.0. The van der Waals surface area contributed by atoms with E-state index in [0.29, 0.717) is 22.9 Å². The second kappa shape index (κ2) is 8.25. The van der Waals surface area contributed by atoms with Gasteiger partial charge in [0.25, 0.3) is 11.8 Å². The average molecular weight is 406 g/mol. The van der Waals surface area contributed by atoms with Crippen LogP contribution in [-0.4, -0.2) is 41.8 Å². The van der Waals surface area contributed by atoms with Gasteiger partial charge in [0.15, 0.2) is 0 Å². The molecule has 0 saturated heterocycles. The number of hydrogen-bond donors (Lipinski definition) is 1. The van der Waals surface area contributed by atoms with Gasteiger partial charge >= 0.3 is 0 Å². The first-order chi connectivity index (χ1) is 14.0. The number of aromatic nitrogens is 1. The Bertz CT molecular complexity index is 1060. The first kappa shape index (κ1) is 19.5. The minimum absolute atomic E-state index is 0.00767. The van der Waals surface area contributed by atoms with E-state index in [1.165, 1.54) is 0 Å². The SMILES string of the molecule is CN(C)C(=O)c1ccc(CSc2cc(C(=O)NC3CC3)c3ccccc3n2)cc1. The van der Waals surface area contributed by atoms with Gasteiger partial charge in [-0.05, 0) is 42.7 Å². The predicted molar refractivity (Wildman–Crippen MR) is 116 cm³/mol. The molecule has 1 aromatic heterocycles. The Kier molecular flexibility index (Phi) is 5.53. The number of pyridine rings is 1. The van der Waals surface area contributed by atoms with Crippen LogP contribution in [0.15, 0.2) is 59.6 Å². The quantitative estimate of drug-likeness (QED) is 0.627. The monoisotopic (exact) mass is 405 g/mol. The molecule has 29 heavy (non-hydrogen) atoms. The lowest BCUT2D eigenvalue weighted by molar-refractivity contribution is 0.0827. The van der Waals surface area contributed by atoms with Crippen molar-refractivity contribution in [1.29, 1.82) is 0 Å². The van der Waals surface area contributed by atoms with E-state index >= 15 is 0 Å². The standard InChI is InChI=1S/C23H23N3O2S/c1-26(2)23(28)16-9-7-15(8-10-16)14-29-21-13-19(22(27)24-17-11-12-17)18-5-3-4-6-20(18)25-21/h3-10,13,17H,11-12,14H2,1-2H3,(H,24,27). The Hall–Kier alpha value is -2.86. The number of fused-ring (bicyclic) bond motifs is 1. The number of amides is 2. The van der Waals surface area contributed by atoms with Gasteiger partial charge in [-0.3, -0.25) is 9.59 Å². The molecule has 2 amide bonds. The van der Waals surface area contributed by atoms with Gasteiger partial charge in [0.05, 0.1) is 16.1 Å². The van der Waals surface area contributed by atoms with E-state index in [4.69, 9.17) is 4.98 Å². The summed E-state index contributed by atoms with van der Waals surface area (Å²) >= 11 is 1.59. The molecule has 0 radical (unpaired) electrons. The molecule has 6 heteroatoms. The molecule has 1 aliphatic rings. The molecule has 3 aromatic rings. The van der Waals surface area contributed by atoms with Gasteiger partial charge in [0.1, 0.15) is 0 Å². The Balaban J connectivity index is 1.53. The summed E-state index contributed by atoms with van der Waals surface area (Å²) in [5, 5.41) is 4.77. The number of para-hydroxylation sites is 1. The minimum atomic E-state index is -0.0282. The molecule has 1 saturated carbocycles. The number of benzene rings is 2. The highest BCUT2D eigenvalue weighted by molar-refractivity contribution is 7.98. The van der Waals surface area contributed by atoms with Gasteiger partial charge in [-0.25, -0.2) is 4.98 Å². The van der Waals surface area contributed by atoms with Crippen LogP contribution in [0.5, 0.6) is 0 Å². The van der Waals surface area contributed by atoms with E-state index in [1.54, 1.807) is 30.8 Å². The van der Waals surface area contributed by atoms with Crippen molar-refractivity contribution in [2.45, 2.75) is 29.7 Å². The maximum absolute atomic E-state index is 12.7. The van der Waals surface area contributed by atoms with Crippen molar-refractivity contribution in [2.24, 2.45) is 0 Å². The number of carbonyl (C=O) groups is 2. The second-order valence-electron chi connectivity index (χ2n) is 7.46. The van der Waals surface area contributed by atoms with Crippen molar-refractivity contribution in [3.63, 3.8) is 0 Å². The smallest absolute Gasteiger partial charge is 0.253 e. The number of nitrogens with zero attached hydrogens (tertiary/aromatic N) is 2. The van der Waals surface area contributed by atoms with Crippen LogP contribution < -0.4 is 5.32 Å². The Labute approximate surface area is 174 Å². The Morgan fingerprint density at radius 1 is 1.10 bits per heavy atom. The van der Waals surface area contributed by atoms with Crippen molar-refractivity contribution >= 4 is 34.5 Å². The van der Waals surface area contributed by atoms with Gasteiger partial charge in [-0.2, -0.15) is 0 Å². The number of nitrogens with one attached hydrogen (secondary N) is 1. The fourth-order valence-corrected chi connectivity index (χ4v) is 3.93. The second-order valence-corrected chi connectivity index (χ2v) is 8.45. The van der Waals surface area contributed by atoms with E-state index in [-0.39, 0.29) is 11.8 Å². The van der Waals surface area contributed by atoms with E-state index in [1.807, 2.05) is 54.6 Å². The molecular weight excluding hydrogens is 382 g/mol. The zero-order valence-corrected chi connectivity index (χ0v) is 17.3. The largest absolute Gasteiger partial charge is 0.349 e. The fourth-order valence-electron chi connectivity index (χ4n) is 3.06. The summed E-state index contributed by atoms with van der Waals surface area (Å²) in [6.45, 7) is 0. The van der Waals surface area contributed by atoms with Crippen LogP contribution in [-0.2, 0) is 5.75 Å². The lowest BCUT2D eigenvalue weighted by atomic mass is 10.1. The summed E-state index contributed by atoms with van der Waals surface area (Å²) in [6.07, 6.45) is 2.12. The molecule has 1 N–H and O–H groups in total. The lowest BCUT2D eigenvalue weighted by Crippen LogP contribution is -2.25. The molecule has 4 rings (SSSR count). The summed E-state index contributed by atoms with van der Waals surface area (Å²) < 4.78 is 0. The number of hydrogen-bond acceptors (Lipinski definition) is 4. The number of thioether (sulfide) groups is 1. The molecule has 1 aliphatic carbocycles. The molecule has 0 unspecified atom stereocenters. The van der Waals surface area contributed by atoms with Crippen LogP contribution in [0, 0.1) is 0 Å². The maximum atomic E-state index is 12.7. The Morgan fingerprint density at radius 2 is 1.83 bits per heavy atom. The minimum Gasteiger partial charge on any atom is -0.349 e. The highest BCUT2D eigenvalue weighted by atomic mass is 32.2. The fraction of sp³-hybridized carbons (Fsp3) is 0.261. The van der Waals surface area contributed by atoms with Gasteiger partial charge in [-0.15, -0.1) is 11.8 Å².